The van der Waals surface area contributed by atoms with Crippen LogP contribution >= 0.6 is 0 Å². The molecule has 0 aliphatic carbocycles. The standard InChI is InChI=1S/C18H31NO5/c1-2-3-4-5-6-7-11-22-13-15-24-16-14-23-12-10-19-17(20)8-9-18(19)21/h8-9H,2-7,10-16H2,1H3. The minimum atomic E-state index is -0.276. The quantitative estimate of drug-likeness (QED) is 0.318. The van der Waals surface area contributed by atoms with Crippen molar-refractivity contribution in [3.8, 4) is 0 Å². The number of carbonyl (C=O) groups is 2. The monoisotopic (exact) mass is 341 g/mol. The van der Waals surface area contributed by atoms with Crippen LogP contribution in [0, 0.1) is 0 Å². The maximum absolute atomic E-state index is 11.3. The lowest BCUT2D eigenvalue weighted by Crippen LogP contribution is -2.33. The Kier molecular flexibility index (Phi) is 12.3. The Morgan fingerprint density at radius 1 is 0.708 bits per heavy atom. The topological polar surface area (TPSA) is 65.1 Å². The third-order valence-electron chi connectivity index (χ3n) is 3.75. The molecule has 0 radical (unpaired) electrons. The molecule has 0 bridgehead atoms. The van der Waals surface area contributed by atoms with Crippen LogP contribution in [0.5, 0.6) is 0 Å². The van der Waals surface area contributed by atoms with E-state index in [1.807, 2.05) is 0 Å². The van der Waals surface area contributed by atoms with Gasteiger partial charge >= 0.3 is 0 Å². The molecule has 0 N–H and O–H groups in total. The molecule has 0 fully saturated rings. The average molecular weight is 341 g/mol. The number of hydrogen-bond donors (Lipinski definition) is 0. The second-order valence-corrected chi connectivity index (χ2v) is 5.77. The molecule has 6 heteroatoms. The van der Waals surface area contributed by atoms with Gasteiger partial charge < -0.3 is 14.2 Å². The maximum Gasteiger partial charge on any atom is 0.253 e. The number of hydrogen-bond acceptors (Lipinski definition) is 5. The summed E-state index contributed by atoms with van der Waals surface area (Å²) < 4.78 is 16.2. The lowest BCUT2D eigenvalue weighted by atomic mass is 10.1. The summed E-state index contributed by atoms with van der Waals surface area (Å²) in [5.74, 6) is -0.551. The first-order chi connectivity index (χ1) is 11.8. The minimum absolute atomic E-state index is 0.276. The summed E-state index contributed by atoms with van der Waals surface area (Å²) in [4.78, 5) is 23.7. The first-order valence-electron chi connectivity index (χ1n) is 9.02. The Bertz CT molecular complexity index is 366. The molecule has 24 heavy (non-hydrogen) atoms. The number of ether oxygens (including phenoxy) is 3. The van der Waals surface area contributed by atoms with E-state index in [-0.39, 0.29) is 18.4 Å². The highest BCUT2D eigenvalue weighted by Crippen LogP contribution is 2.05. The molecule has 0 saturated carbocycles. The van der Waals surface area contributed by atoms with Crippen molar-refractivity contribution in [2.45, 2.75) is 45.4 Å². The highest BCUT2D eigenvalue weighted by atomic mass is 16.5. The van der Waals surface area contributed by atoms with Crippen molar-refractivity contribution in [3.63, 3.8) is 0 Å². The second-order valence-electron chi connectivity index (χ2n) is 5.77. The normalized spacial score (nSPS) is 14.1. The van der Waals surface area contributed by atoms with Gasteiger partial charge in [0, 0.05) is 18.8 Å². The summed E-state index contributed by atoms with van der Waals surface area (Å²) in [7, 11) is 0. The van der Waals surface area contributed by atoms with Gasteiger partial charge in [-0.05, 0) is 6.42 Å². The number of unbranched alkanes of at least 4 members (excludes halogenated alkanes) is 5. The minimum Gasteiger partial charge on any atom is -0.379 e. The number of nitrogens with zero attached hydrogens (tertiary/aromatic N) is 1. The fourth-order valence-electron chi connectivity index (χ4n) is 2.33. The van der Waals surface area contributed by atoms with E-state index in [2.05, 4.69) is 6.92 Å². The third-order valence-corrected chi connectivity index (χ3v) is 3.75. The van der Waals surface area contributed by atoms with Crippen LogP contribution in [0.2, 0.25) is 0 Å². The van der Waals surface area contributed by atoms with Crippen molar-refractivity contribution < 1.29 is 23.8 Å². The molecular formula is C18H31NO5. The van der Waals surface area contributed by atoms with Crippen LogP contribution in [0.25, 0.3) is 0 Å². The van der Waals surface area contributed by atoms with E-state index >= 15 is 0 Å². The predicted octanol–water partition coefficient (Wildman–Crippen LogP) is 2.32. The van der Waals surface area contributed by atoms with Crippen LogP contribution in [0.3, 0.4) is 0 Å². The molecule has 0 unspecified atom stereocenters. The summed E-state index contributed by atoms with van der Waals surface area (Å²) in [5.41, 5.74) is 0. The Morgan fingerprint density at radius 2 is 1.21 bits per heavy atom. The van der Waals surface area contributed by atoms with E-state index in [4.69, 9.17) is 14.2 Å². The molecule has 0 aromatic rings. The molecule has 0 saturated heterocycles. The molecule has 138 valence electrons. The second kappa shape index (κ2) is 14.1. The van der Waals surface area contributed by atoms with Crippen molar-refractivity contribution in [1.29, 1.82) is 0 Å². The van der Waals surface area contributed by atoms with Crippen molar-refractivity contribution in [2.75, 3.05) is 46.2 Å². The molecule has 0 aromatic carbocycles. The fourth-order valence-corrected chi connectivity index (χ4v) is 2.33. The maximum atomic E-state index is 11.3. The molecule has 1 aliphatic heterocycles. The Hall–Kier alpha value is -1.24. The van der Waals surface area contributed by atoms with Crippen LogP contribution in [0.1, 0.15) is 45.4 Å². The fraction of sp³-hybridized carbons (Fsp3) is 0.778. The van der Waals surface area contributed by atoms with Gasteiger partial charge in [-0.2, -0.15) is 0 Å². The highest BCUT2D eigenvalue weighted by Gasteiger charge is 2.22. The molecule has 0 aromatic heterocycles. The summed E-state index contributed by atoms with van der Waals surface area (Å²) >= 11 is 0. The Labute approximate surface area is 145 Å². The number of rotatable bonds is 16. The first-order valence-corrected chi connectivity index (χ1v) is 9.02. The van der Waals surface area contributed by atoms with Crippen molar-refractivity contribution in [1.82, 2.24) is 4.90 Å². The van der Waals surface area contributed by atoms with Crippen LogP contribution in [0.15, 0.2) is 12.2 Å². The smallest absolute Gasteiger partial charge is 0.253 e. The molecule has 0 spiro atoms. The summed E-state index contributed by atoms with van der Waals surface area (Å²) in [6.07, 6.45) is 10.2. The average Bonchev–Trinajstić information content (AvgIpc) is 2.90. The van der Waals surface area contributed by atoms with Crippen LogP contribution < -0.4 is 0 Å². The number of amides is 2. The van der Waals surface area contributed by atoms with E-state index in [1.54, 1.807) is 0 Å². The number of imide groups is 1. The van der Waals surface area contributed by atoms with Gasteiger partial charge in [0.1, 0.15) is 0 Å². The lowest BCUT2D eigenvalue weighted by Gasteiger charge is -2.13. The lowest BCUT2D eigenvalue weighted by molar-refractivity contribution is -0.137. The molecule has 1 rings (SSSR count). The molecule has 6 nitrogen and oxygen atoms in total. The molecule has 1 heterocycles. The van der Waals surface area contributed by atoms with Gasteiger partial charge in [0.2, 0.25) is 0 Å². The predicted molar refractivity (Wildman–Crippen MR) is 91.7 cm³/mol. The van der Waals surface area contributed by atoms with Crippen LogP contribution in [-0.4, -0.2) is 62.9 Å². The third kappa shape index (κ3) is 9.80. The van der Waals surface area contributed by atoms with E-state index in [9.17, 15) is 9.59 Å². The largest absolute Gasteiger partial charge is 0.379 e. The summed E-state index contributed by atoms with van der Waals surface area (Å²) in [6.45, 7) is 5.74. The molecule has 0 atom stereocenters. The van der Waals surface area contributed by atoms with Crippen molar-refractivity contribution >= 4 is 11.8 Å². The van der Waals surface area contributed by atoms with Gasteiger partial charge in [0.05, 0.1) is 39.6 Å². The van der Waals surface area contributed by atoms with Crippen LogP contribution in [0.4, 0.5) is 0 Å². The van der Waals surface area contributed by atoms with Gasteiger partial charge in [-0.1, -0.05) is 39.0 Å². The zero-order valence-electron chi connectivity index (χ0n) is 14.8. The van der Waals surface area contributed by atoms with Gasteiger partial charge in [-0.3, -0.25) is 14.5 Å². The summed E-state index contributed by atoms with van der Waals surface area (Å²) in [6, 6.07) is 0. The van der Waals surface area contributed by atoms with Gasteiger partial charge in [-0.15, -0.1) is 0 Å². The van der Waals surface area contributed by atoms with E-state index < -0.39 is 0 Å². The summed E-state index contributed by atoms with van der Waals surface area (Å²) in [5, 5.41) is 0. The van der Waals surface area contributed by atoms with E-state index in [1.165, 1.54) is 44.3 Å². The number of carbonyl (C=O) groups excluding carboxylic acids is 2. The van der Waals surface area contributed by atoms with E-state index in [0.29, 0.717) is 33.0 Å². The first kappa shape index (κ1) is 20.8. The SMILES string of the molecule is CCCCCCCCOCCOCCOCCN1C(=O)C=CC1=O. The zero-order chi connectivity index (χ0) is 17.5. The van der Waals surface area contributed by atoms with Gasteiger partial charge in [0.15, 0.2) is 0 Å². The van der Waals surface area contributed by atoms with Gasteiger partial charge in [0.25, 0.3) is 11.8 Å². The van der Waals surface area contributed by atoms with Crippen LogP contribution in [-0.2, 0) is 23.8 Å². The molecular weight excluding hydrogens is 310 g/mol. The van der Waals surface area contributed by atoms with E-state index in [0.717, 1.165) is 17.9 Å². The molecule has 2 amide bonds. The van der Waals surface area contributed by atoms with Gasteiger partial charge in [-0.25, -0.2) is 0 Å². The Morgan fingerprint density at radius 3 is 1.83 bits per heavy atom. The molecule has 1 aliphatic rings. The van der Waals surface area contributed by atoms with Crippen molar-refractivity contribution in [3.05, 3.63) is 12.2 Å². The highest BCUT2D eigenvalue weighted by molar-refractivity contribution is 6.12. The Balaban J connectivity index is 1.75. The zero-order valence-corrected chi connectivity index (χ0v) is 14.8. The van der Waals surface area contributed by atoms with Crippen molar-refractivity contribution in [2.24, 2.45) is 0 Å².